The minimum absolute atomic E-state index is 0.0926. The molecule has 0 rings (SSSR count). The van der Waals surface area contributed by atoms with E-state index in [1.54, 1.807) is 7.11 Å². The maximum Gasteiger partial charge on any atom is 0.377 e. The zero-order valence-electron chi connectivity index (χ0n) is 11.0. The van der Waals surface area contributed by atoms with E-state index in [9.17, 15) is 16.8 Å². The van der Waals surface area contributed by atoms with E-state index in [1.165, 1.54) is 7.11 Å². The number of hydrogen-bond donors (Lipinski definition) is 1. The van der Waals surface area contributed by atoms with Gasteiger partial charge >= 0.3 is 9.05 Å². The Morgan fingerprint density at radius 2 is 1.42 bits per heavy atom. The topological polar surface area (TPSA) is 116 Å². The predicted molar refractivity (Wildman–Crippen MR) is 71.8 cm³/mol. The minimum Gasteiger partial charge on any atom is -0.394 e. The highest BCUT2D eigenvalue weighted by Crippen LogP contribution is 1.87. The Morgan fingerprint density at radius 1 is 1.05 bits per heavy atom. The maximum atomic E-state index is 10.2. The van der Waals surface area contributed by atoms with Gasteiger partial charge in [0, 0.05) is 14.2 Å². The Kier molecular flexibility index (Phi) is 18.0. The zero-order chi connectivity index (χ0) is 15.9. The molecule has 0 bridgehead atoms. The van der Waals surface area contributed by atoms with Crippen LogP contribution in [0.1, 0.15) is 0 Å². The van der Waals surface area contributed by atoms with Crippen LogP contribution in [0, 0.1) is 6.26 Å². The van der Waals surface area contributed by atoms with Crippen molar-refractivity contribution in [3.63, 3.8) is 0 Å². The highest BCUT2D eigenvalue weighted by molar-refractivity contribution is 8.14. The van der Waals surface area contributed by atoms with Gasteiger partial charge in [-0.25, -0.2) is 0 Å². The highest BCUT2D eigenvalue weighted by atomic mass is 35.7. The van der Waals surface area contributed by atoms with Gasteiger partial charge in [0.15, 0.2) is 0 Å². The standard InChI is InChI=1S/C4H10O4S.C3H8O2.CH2ClO2S/c1-7-3-4-8-9(2,5)6;1-5-3-2-4;1-5(2,3)4/h3-4H2,1-2H3;4H,2-3H2,1H3;1H2/q;;+1. The lowest BCUT2D eigenvalue weighted by atomic mass is 10.8. The first-order valence-electron chi connectivity index (χ1n) is 4.68. The molecule has 19 heavy (non-hydrogen) atoms. The van der Waals surface area contributed by atoms with Gasteiger partial charge in [0.05, 0.1) is 43.4 Å². The molecule has 0 saturated carbocycles. The molecule has 0 fully saturated rings. The van der Waals surface area contributed by atoms with Crippen molar-refractivity contribution in [2.45, 2.75) is 0 Å². The third-order valence-corrected chi connectivity index (χ3v) is 1.48. The summed E-state index contributed by atoms with van der Waals surface area (Å²) in [5, 5.41) is 7.94. The van der Waals surface area contributed by atoms with Crippen molar-refractivity contribution < 1.29 is 35.6 Å². The number of rotatable bonds is 6. The van der Waals surface area contributed by atoms with Gasteiger partial charge in [-0.1, -0.05) is 0 Å². The van der Waals surface area contributed by atoms with Crippen LogP contribution in [-0.2, 0) is 32.8 Å². The number of methoxy groups -OCH3 is 2. The van der Waals surface area contributed by atoms with Crippen molar-refractivity contribution in [2.75, 3.05) is 46.9 Å². The molecule has 11 heteroatoms. The van der Waals surface area contributed by atoms with E-state index < -0.39 is 19.2 Å². The smallest absolute Gasteiger partial charge is 0.377 e. The van der Waals surface area contributed by atoms with Crippen molar-refractivity contribution in [2.24, 2.45) is 0 Å². The molecule has 0 aromatic rings. The molecule has 118 valence electrons. The zero-order valence-corrected chi connectivity index (χ0v) is 13.4. The average molecular weight is 344 g/mol. The monoisotopic (exact) mass is 343 g/mol. The minimum atomic E-state index is -3.44. The lowest BCUT2D eigenvalue weighted by Crippen LogP contribution is -2.07. The molecule has 0 unspecified atom stereocenters. The fourth-order valence-electron chi connectivity index (χ4n) is 0.360. The summed E-state index contributed by atoms with van der Waals surface area (Å²) in [6.07, 6.45) is 3.51. The van der Waals surface area contributed by atoms with Gasteiger partial charge in [-0.2, -0.15) is 16.8 Å². The molecule has 0 aliphatic heterocycles. The third kappa shape index (κ3) is 72.5. The second kappa shape index (κ2) is 14.3. The molecule has 0 radical (unpaired) electrons. The molecule has 0 heterocycles. The molecular weight excluding hydrogens is 324 g/mol. The van der Waals surface area contributed by atoms with E-state index in [2.05, 4.69) is 30.6 Å². The Morgan fingerprint density at radius 3 is 1.58 bits per heavy atom. The van der Waals surface area contributed by atoms with Crippen molar-refractivity contribution in [1.29, 1.82) is 0 Å². The number of aliphatic hydroxyl groups excluding tert-OH is 1. The molecule has 0 amide bonds. The van der Waals surface area contributed by atoms with Gasteiger partial charge in [0.1, 0.15) is 0 Å². The van der Waals surface area contributed by atoms with Gasteiger partial charge in [0.25, 0.3) is 10.1 Å². The molecule has 0 aliphatic carbocycles. The van der Waals surface area contributed by atoms with Crippen LogP contribution >= 0.6 is 10.7 Å². The van der Waals surface area contributed by atoms with Gasteiger partial charge < -0.3 is 14.6 Å². The quantitative estimate of drug-likeness (QED) is 0.299. The van der Waals surface area contributed by atoms with Crippen molar-refractivity contribution >= 4 is 29.9 Å². The summed E-state index contributed by atoms with van der Waals surface area (Å²) in [5.74, 6) is 0. The van der Waals surface area contributed by atoms with E-state index in [0.29, 0.717) is 13.2 Å². The SMILES string of the molecule is COCCO.COCCOS(C)(=O)=O.[CH2+]S(=O)(=O)Cl. The summed E-state index contributed by atoms with van der Waals surface area (Å²) in [5.41, 5.74) is 0. The van der Waals surface area contributed by atoms with Crippen molar-refractivity contribution in [3.05, 3.63) is 6.26 Å². The Bertz CT molecular complexity index is 354. The van der Waals surface area contributed by atoms with Crippen LogP contribution in [0.3, 0.4) is 0 Å². The van der Waals surface area contributed by atoms with Crippen LogP contribution < -0.4 is 0 Å². The maximum absolute atomic E-state index is 10.2. The molecule has 0 atom stereocenters. The van der Waals surface area contributed by atoms with Gasteiger partial charge in [-0.05, 0) is 0 Å². The third-order valence-electron chi connectivity index (χ3n) is 0.880. The summed E-state index contributed by atoms with van der Waals surface area (Å²) in [6, 6.07) is 0. The predicted octanol–water partition coefficient (Wildman–Crippen LogP) is -0.419. The molecule has 1 N–H and O–H groups in total. The van der Waals surface area contributed by atoms with Gasteiger partial charge in [-0.15, -0.1) is 0 Å². The fraction of sp³-hybridized carbons (Fsp3) is 0.875. The van der Waals surface area contributed by atoms with E-state index in [4.69, 9.17) is 5.11 Å². The van der Waals surface area contributed by atoms with Gasteiger partial charge in [-0.3, -0.25) is 4.18 Å². The van der Waals surface area contributed by atoms with E-state index in [1.807, 2.05) is 0 Å². The number of ether oxygens (including phenoxy) is 2. The first kappa shape index (κ1) is 24.0. The molecule has 8 nitrogen and oxygen atoms in total. The molecular formula is C8H20ClO8S2+. The van der Waals surface area contributed by atoms with Crippen LogP contribution in [0.5, 0.6) is 0 Å². The number of aliphatic hydroxyl groups is 1. The van der Waals surface area contributed by atoms with E-state index in [-0.39, 0.29) is 13.2 Å². The Hall–Kier alpha value is -0.100. The Balaban J connectivity index is -0.000000219. The van der Waals surface area contributed by atoms with Crippen molar-refractivity contribution in [3.8, 4) is 0 Å². The molecule has 0 aliphatic rings. The van der Waals surface area contributed by atoms with Crippen LogP contribution in [0.25, 0.3) is 0 Å². The molecule has 0 saturated heterocycles. The lowest BCUT2D eigenvalue weighted by molar-refractivity contribution is 0.135. The first-order chi connectivity index (χ1) is 8.47. The van der Waals surface area contributed by atoms with Crippen LogP contribution in [0.4, 0.5) is 0 Å². The summed E-state index contributed by atoms with van der Waals surface area (Å²) in [4.78, 5) is 0. The second-order valence-electron chi connectivity index (χ2n) is 2.77. The summed E-state index contributed by atoms with van der Waals surface area (Å²) >= 11 is 0. The molecule has 0 aromatic carbocycles. The summed E-state index contributed by atoms with van der Waals surface area (Å²) in [7, 11) is 0.700. The number of hydrogen-bond acceptors (Lipinski definition) is 8. The Labute approximate surface area is 119 Å². The first-order valence-corrected chi connectivity index (χ1v) is 8.98. The fourth-order valence-corrected chi connectivity index (χ4v) is 0.731. The highest BCUT2D eigenvalue weighted by Gasteiger charge is 1.98. The number of halogens is 1. The summed E-state index contributed by atoms with van der Waals surface area (Å²) < 4.78 is 52.3. The average Bonchev–Trinajstić information content (AvgIpc) is 2.15. The van der Waals surface area contributed by atoms with E-state index in [0.717, 1.165) is 6.26 Å². The van der Waals surface area contributed by atoms with Crippen LogP contribution in [0.2, 0.25) is 0 Å². The van der Waals surface area contributed by atoms with Crippen molar-refractivity contribution in [1.82, 2.24) is 0 Å². The molecule has 0 spiro atoms. The van der Waals surface area contributed by atoms with Crippen LogP contribution in [-0.4, -0.2) is 68.8 Å². The lowest BCUT2D eigenvalue weighted by Gasteiger charge is -1.97. The largest absolute Gasteiger partial charge is 0.394 e. The van der Waals surface area contributed by atoms with Crippen LogP contribution in [0.15, 0.2) is 0 Å². The second-order valence-corrected chi connectivity index (χ2v) is 6.91. The molecule has 0 aromatic heterocycles. The van der Waals surface area contributed by atoms with E-state index >= 15 is 0 Å². The normalized spacial score (nSPS) is 10.8. The summed E-state index contributed by atoms with van der Waals surface area (Å²) in [6.45, 7) is 0.957. The van der Waals surface area contributed by atoms with Gasteiger partial charge in [0.2, 0.25) is 6.26 Å².